The van der Waals surface area contributed by atoms with Crippen molar-refractivity contribution in [2.45, 2.75) is 13.8 Å². The number of nitrogens with one attached hydrogen (secondary N) is 1. The van der Waals surface area contributed by atoms with Crippen molar-refractivity contribution >= 4 is 17.7 Å². The van der Waals surface area contributed by atoms with Crippen molar-refractivity contribution < 1.29 is 19.1 Å². The highest BCUT2D eigenvalue weighted by molar-refractivity contribution is 6.00. The standard InChI is InChI=1S/C21H21N3O4/c1-3-27-21(26)18-13-22-24(16-7-5-4-6-8-16)20(18)23-19(25)14-28-17-11-9-15(2)10-12-17/h4-13H,3,14H2,1-2H3,(H,23,25). The molecule has 1 N–H and O–H groups in total. The van der Waals surface area contributed by atoms with Gasteiger partial charge in [0.15, 0.2) is 12.4 Å². The van der Waals surface area contributed by atoms with Gasteiger partial charge in [-0.15, -0.1) is 0 Å². The molecule has 3 rings (SSSR count). The zero-order valence-corrected chi connectivity index (χ0v) is 15.7. The fraction of sp³-hybridized carbons (Fsp3) is 0.190. The molecule has 0 aliphatic rings. The molecule has 0 saturated carbocycles. The van der Waals surface area contributed by atoms with Crippen LogP contribution in [0.25, 0.3) is 5.69 Å². The zero-order chi connectivity index (χ0) is 19.9. The van der Waals surface area contributed by atoms with E-state index in [9.17, 15) is 9.59 Å². The summed E-state index contributed by atoms with van der Waals surface area (Å²) in [6.07, 6.45) is 1.38. The average molecular weight is 379 g/mol. The van der Waals surface area contributed by atoms with E-state index >= 15 is 0 Å². The Balaban J connectivity index is 1.80. The number of benzene rings is 2. The quantitative estimate of drug-likeness (QED) is 0.637. The Morgan fingerprint density at radius 3 is 2.46 bits per heavy atom. The lowest BCUT2D eigenvalue weighted by Gasteiger charge is -2.12. The lowest BCUT2D eigenvalue weighted by Crippen LogP contribution is -2.23. The molecular formula is C21H21N3O4. The van der Waals surface area contributed by atoms with Gasteiger partial charge in [-0.05, 0) is 38.1 Å². The number of aryl methyl sites for hydroxylation is 1. The van der Waals surface area contributed by atoms with Crippen molar-refractivity contribution in [1.82, 2.24) is 9.78 Å². The number of ether oxygens (including phenoxy) is 2. The number of carbonyl (C=O) groups excluding carboxylic acids is 2. The van der Waals surface area contributed by atoms with E-state index in [1.807, 2.05) is 49.4 Å². The number of aromatic nitrogens is 2. The highest BCUT2D eigenvalue weighted by Crippen LogP contribution is 2.21. The first-order chi connectivity index (χ1) is 13.6. The molecule has 144 valence electrons. The number of carbonyl (C=O) groups is 2. The van der Waals surface area contributed by atoms with Crippen LogP contribution in [0, 0.1) is 6.92 Å². The molecule has 3 aromatic rings. The molecule has 0 radical (unpaired) electrons. The molecule has 1 amide bonds. The van der Waals surface area contributed by atoms with E-state index < -0.39 is 11.9 Å². The van der Waals surface area contributed by atoms with Gasteiger partial charge in [0, 0.05) is 0 Å². The first kappa shape index (κ1) is 19.2. The van der Waals surface area contributed by atoms with E-state index in [1.165, 1.54) is 10.9 Å². The summed E-state index contributed by atoms with van der Waals surface area (Å²) >= 11 is 0. The van der Waals surface area contributed by atoms with E-state index in [4.69, 9.17) is 9.47 Å². The normalized spacial score (nSPS) is 10.4. The number of hydrogen-bond acceptors (Lipinski definition) is 5. The van der Waals surface area contributed by atoms with Crippen LogP contribution in [0.3, 0.4) is 0 Å². The number of nitrogens with zero attached hydrogens (tertiary/aromatic N) is 2. The van der Waals surface area contributed by atoms with Gasteiger partial charge in [0.1, 0.15) is 11.3 Å². The van der Waals surface area contributed by atoms with Gasteiger partial charge in [-0.1, -0.05) is 35.9 Å². The summed E-state index contributed by atoms with van der Waals surface area (Å²) in [6, 6.07) is 16.6. The van der Waals surface area contributed by atoms with E-state index in [0.29, 0.717) is 11.4 Å². The van der Waals surface area contributed by atoms with Crippen molar-refractivity contribution in [3.63, 3.8) is 0 Å². The second-order valence-corrected chi connectivity index (χ2v) is 6.02. The molecule has 1 aromatic heterocycles. The van der Waals surface area contributed by atoms with Gasteiger partial charge >= 0.3 is 5.97 Å². The first-order valence-corrected chi connectivity index (χ1v) is 8.88. The number of anilines is 1. The SMILES string of the molecule is CCOC(=O)c1cnn(-c2ccccc2)c1NC(=O)COc1ccc(C)cc1. The maximum absolute atomic E-state index is 12.4. The van der Waals surface area contributed by atoms with Crippen LogP contribution in [0.5, 0.6) is 5.75 Å². The predicted octanol–water partition coefficient (Wildman–Crippen LogP) is 3.37. The number of esters is 1. The molecule has 0 aliphatic heterocycles. The van der Waals surface area contributed by atoms with E-state index in [2.05, 4.69) is 10.4 Å². The lowest BCUT2D eigenvalue weighted by molar-refractivity contribution is -0.118. The van der Waals surface area contributed by atoms with Crippen LogP contribution in [0.15, 0.2) is 60.8 Å². The van der Waals surface area contributed by atoms with Gasteiger partial charge in [0.25, 0.3) is 5.91 Å². The van der Waals surface area contributed by atoms with Gasteiger partial charge < -0.3 is 14.8 Å². The maximum atomic E-state index is 12.4. The minimum atomic E-state index is -0.556. The average Bonchev–Trinajstić information content (AvgIpc) is 3.12. The minimum absolute atomic E-state index is 0.175. The second-order valence-electron chi connectivity index (χ2n) is 6.02. The Kier molecular flexibility index (Phi) is 6.06. The Morgan fingerprint density at radius 1 is 1.07 bits per heavy atom. The number of amides is 1. The van der Waals surface area contributed by atoms with Crippen molar-refractivity contribution in [3.8, 4) is 11.4 Å². The third-order valence-corrected chi connectivity index (χ3v) is 3.91. The molecular weight excluding hydrogens is 358 g/mol. The van der Waals surface area contributed by atoms with E-state index in [-0.39, 0.29) is 24.6 Å². The lowest BCUT2D eigenvalue weighted by atomic mass is 10.2. The molecule has 0 atom stereocenters. The summed E-state index contributed by atoms with van der Waals surface area (Å²) in [5.41, 5.74) is 1.98. The molecule has 7 nitrogen and oxygen atoms in total. The topological polar surface area (TPSA) is 82.5 Å². The third kappa shape index (κ3) is 4.56. The number of rotatable bonds is 7. The van der Waals surface area contributed by atoms with Gasteiger partial charge in [-0.25, -0.2) is 9.48 Å². The molecule has 7 heteroatoms. The molecule has 2 aromatic carbocycles. The molecule has 1 heterocycles. The summed E-state index contributed by atoms with van der Waals surface area (Å²) < 4.78 is 12.1. The molecule has 0 fully saturated rings. The van der Waals surface area contributed by atoms with Gasteiger partial charge in [0.05, 0.1) is 18.5 Å². The Hall–Kier alpha value is -3.61. The Labute approximate surface area is 162 Å². The second kappa shape index (κ2) is 8.85. The zero-order valence-electron chi connectivity index (χ0n) is 15.7. The van der Waals surface area contributed by atoms with Crippen LogP contribution in [0.2, 0.25) is 0 Å². The van der Waals surface area contributed by atoms with Crippen molar-refractivity contribution in [2.24, 2.45) is 0 Å². The molecule has 0 saturated heterocycles. The summed E-state index contributed by atoms with van der Waals surface area (Å²) in [5, 5.41) is 6.95. The molecule has 0 spiro atoms. The smallest absolute Gasteiger partial charge is 0.343 e. The van der Waals surface area contributed by atoms with Crippen LogP contribution < -0.4 is 10.1 Å². The van der Waals surface area contributed by atoms with Gasteiger partial charge in [0.2, 0.25) is 0 Å². The van der Waals surface area contributed by atoms with Gasteiger partial charge in [-0.3, -0.25) is 4.79 Å². The predicted molar refractivity (Wildman–Crippen MR) is 105 cm³/mol. The van der Waals surface area contributed by atoms with Crippen molar-refractivity contribution in [2.75, 3.05) is 18.5 Å². The summed E-state index contributed by atoms with van der Waals surface area (Å²) in [6.45, 7) is 3.70. The fourth-order valence-corrected chi connectivity index (χ4v) is 2.54. The largest absolute Gasteiger partial charge is 0.484 e. The van der Waals surface area contributed by atoms with Crippen LogP contribution in [0.4, 0.5) is 5.82 Å². The summed E-state index contributed by atoms with van der Waals surface area (Å²) in [7, 11) is 0. The number of hydrogen-bond donors (Lipinski definition) is 1. The molecule has 0 aliphatic carbocycles. The highest BCUT2D eigenvalue weighted by atomic mass is 16.5. The van der Waals surface area contributed by atoms with Gasteiger partial charge in [-0.2, -0.15) is 5.10 Å². The monoisotopic (exact) mass is 379 g/mol. The highest BCUT2D eigenvalue weighted by Gasteiger charge is 2.21. The maximum Gasteiger partial charge on any atom is 0.343 e. The van der Waals surface area contributed by atoms with Crippen molar-refractivity contribution in [3.05, 3.63) is 71.9 Å². The summed E-state index contributed by atoms with van der Waals surface area (Å²) in [4.78, 5) is 24.7. The van der Waals surface area contributed by atoms with E-state index in [1.54, 1.807) is 19.1 Å². The van der Waals surface area contributed by atoms with Crippen LogP contribution >= 0.6 is 0 Å². The Bertz CT molecular complexity index is 950. The Morgan fingerprint density at radius 2 is 1.79 bits per heavy atom. The van der Waals surface area contributed by atoms with Crippen LogP contribution in [0.1, 0.15) is 22.8 Å². The molecule has 0 unspecified atom stereocenters. The number of para-hydroxylation sites is 1. The molecule has 0 bridgehead atoms. The van der Waals surface area contributed by atoms with Crippen LogP contribution in [-0.4, -0.2) is 34.9 Å². The minimum Gasteiger partial charge on any atom is -0.484 e. The summed E-state index contributed by atoms with van der Waals surface area (Å²) in [5.74, 6) is -0.145. The van der Waals surface area contributed by atoms with E-state index in [0.717, 1.165) is 5.56 Å². The molecule has 28 heavy (non-hydrogen) atoms. The van der Waals surface area contributed by atoms with Crippen molar-refractivity contribution in [1.29, 1.82) is 0 Å². The third-order valence-electron chi connectivity index (χ3n) is 3.91. The fourth-order valence-electron chi connectivity index (χ4n) is 2.54. The van der Waals surface area contributed by atoms with Crippen LogP contribution in [-0.2, 0) is 9.53 Å². The first-order valence-electron chi connectivity index (χ1n) is 8.88.